The second kappa shape index (κ2) is 4.57. The highest BCUT2D eigenvalue weighted by Gasteiger charge is 2.35. The van der Waals surface area contributed by atoms with Crippen LogP contribution in [0.15, 0.2) is 24.3 Å². The molecular formula is C13H17ClN2O. The Balaban J connectivity index is 2.40. The zero-order valence-electron chi connectivity index (χ0n) is 10.2. The molecule has 0 fully saturated rings. The molecule has 0 saturated carbocycles. The number of carbonyl (C=O) groups excluding carboxylic acids is 1. The van der Waals surface area contributed by atoms with Gasteiger partial charge in [0.25, 0.3) is 5.91 Å². The fraction of sp³-hybridized carbons (Fsp3) is 0.462. The molecule has 1 aliphatic heterocycles. The highest BCUT2D eigenvalue weighted by atomic mass is 35.5. The molecule has 1 aromatic rings. The first-order chi connectivity index (χ1) is 8.06. The predicted molar refractivity (Wildman–Crippen MR) is 70.7 cm³/mol. The number of hydrogen-bond acceptors (Lipinski definition) is 2. The van der Waals surface area contributed by atoms with Gasteiger partial charge in [-0.05, 0) is 32.4 Å². The Morgan fingerprint density at radius 3 is 2.76 bits per heavy atom. The Kier molecular flexibility index (Phi) is 3.29. The Morgan fingerprint density at radius 1 is 1.35 bits per heavy atom. The summed E-state index contributed by atoms with van der Waals surface area (Å²) in [5, 5.41) is 3.01. The first-order valence-electron chi connectivity index (χ1n) is 5.81. The van der Waals surface area contributed by atoms with E-state index in [0.717, 1.165) is 24.2 Å². The number of hydrogen-bond donors (Lipinski definition) is 1. The van der Waals surface area contributed by atoms with Gasteiger partial charge in [-0.3, -0.25) is 4.79 Å². The first-order valence-corrected chi connectivity index (χ1v) is 6.35. The van der Waals surface area contributed by atoms with Gasteiger partial charge in [-0.2, -0.15) is 0 Å². The van der Waals surface area contributed by atoms with E-state index in [-0.39, 0.29) is 11.6 Å². The van der Waals surface area contributed by atoms with Gasteiger partial charge in [-0.1, -0.05) is 12.1 Å². The van der Waals surface area contributed by atoms with E-state index in [1.54, 1.807) is 0 Å². The van der Waals surface area contributed by atoms with E-state index in [1.807, 2.05) is 38.1 Å². The first kappa shape index (κ1) is 12.2. The minimum absolute atomic E-state index is 0.00674. The van der Waals surface area contributed by atoms with Crippen LogP contribution in [0.4, 0.5) is 5.69 Å². The summed E-state index contributed by atoms with van der Waals surface area (Å²) in [7, 11) is 0. The van der Waals surface area contributed by atoms with E-state index in [1.165, 1.54) is 0 Å². The van der Waals surface area contributed by atoms with Crippen LogP contribution >= 0.6 is 11.6 Å². The van der Waals surface area contributed by atoms with Crippen molar-refractivity contribution in [2.45, 2.75) is 25.9 Å². The second-order valence-corrected chi connectivity index (χ2v) is 5.10. The summed E-state index contributed by atoms with van der Waals surface area (Å²) < 4.78 is 0. The van der Waals surface area contributed by atoms with Crippen molar-refractivity contribution in [3.05, 3.63) is 29.8 Å². The highest BCUT2D eigenvalue weighted by molar-refractivity contribution is 6.17. The van der Waals surface area contributed by atoms with Crippen molar-refractivity contribution >= 4 is 23.2 Å². The van der Waals surface area contributed by atoms with Crippen LogP contribution in [0.2, 0.25) is 0 Å². The van der Waals surface area contributed by atoms with Gasteiger partial charge >= 0.3 is 0 Å². The monoisotopic (exact) mass is 252 g/mol. The third-order valence-electron chi connectivity index (χ3n) is 3.05. The lowest BCUT2D eigenvalue weighted by molar-refractivity contribution is 0.0898. The van der Waals surface area contributed by atoms with Crippen LogP contribution in [0, 0.1) is 0 Å². The fourth-order valence-electron chi connectivity index (χ4n) is 2.23. The third kappa shape index (κ3) is 2.25. The Labute approximate surface area is 107 Å². The maximum atomic E-state index is 12.0. The molecule has 4 heteroatoms. The van der Waals surface area contributed by atoms with Gasteiger partial charge in [0, 0.05) is 12.4 Å². The number of para-hydroxylation sites is 1. The number of carbonyl (C=O) groups is 1. The van der Waals surface area contributed by atoms with E-state index < -0.39 is 0 Å². The fourth-order valence-corrected chi connectivity index (χ4v) is 2.35. The largest absolute Gasteiger partial charge is 0.348 e. The van der Waals surface area contributed by atoms with Crippen LogP contribution in [0.5, 0.6) is 0 Å². The summed E-state index contributed by atoms with van der Waals surface area (Å²) in [6.45, 7) is 4.86. The number of amides is 1. The molecule has 0 bridgehead atoms. The number of nitrogens with zero attached hydrogens (tertiary/aromatic N) is 1. The van der Waals surface area contributed by atoms with Crippen molar-refractivity contribution in [1.82, 2.24) is 5.32 Å². The molecule has 1 aromatic carbocycles. The van der Waals surface area contributed by atoms with E-state index in [4.69, 9.17) is 11.6 Å². The van der Waals surface area contributed by atoms with Crippen LogP contribution in [-0.4, -0.2) is 24.0 Å². The third-order valence-corrected chi connectivity index (χ3v) is 3.32. The molecule has 0 atom stereocenters. The van der Waals surface area contributed by atoms with Crippen LogP contribution in [-0.2, 0) is 0 Å². The Bertz CT molecular complexity index is 431. The lowest BCUT2D eigenvalue weighted by atomic mass is 10.0. The molecule has 0 aromatic heterocycles. The number of nitrogens with one attached hydrogen (secondary N) is 1. The summed E-state index contributed by atoms with van der Waals surface area (Å²) >= 11 is 5.76. The SMILES string of the molecule is CC1(C)NC(=O)c2ccccc2N1CCCCl. The molecule has 17 heavy (non-hydrogen) atoms. The molecule has 0 radical (unpaired) electrons. The van der Waals surface area contributed by atoms with E-state index in [9.17, 15) is 4.79 Å². The number of rotatable bonds is 3. The quantitative estimate of drug-likeness (QED) is 0.839. The van der Waals surface area contributed by atoms with Gasteiger partial charge in [0.1, 0.15) is 5.66 Å². The van der Waals surface area contributed by atoms with Crippen molar-refractivity contribution in [3.8, 4) is 0 Å². The number of anilines is 1. The molecule has 3 nitrogen and oxygen atoms in total. The molecule has 1 amide bonds. The topological polar surface area (TPSA) is 32.3 Å². The molecule has 0 aliphatic carbocycles. The molecule has 2 rings (SSSR count). The van der Waals surface area contributed by atoms with Gasteiger partial charge in [-0.25, -0.2) is 0 Å². The molecule has 1 aliphatic rings. The smallest absolute Gasteiger partial charge is 0.255 e. The number of fused-ring (bicyclic) bond motifs is 1. The van der Waals surface area contributed by atoms with Gasteiger partial charge in [0.05, 0.1) is 11.3 Å². The van der Waals surface area contributed by atoms with Gasteiger partial charge in [0.15, 0.2) is 0 Å². The minimum Gasteiger partial charge on any atom is -0.348 e. The summed E-state index contributed by atoms with van der Waals surface area (Å²) in [6.07, 6.45) is 0.898. The van der Waals surface area contributed by atoms with E-state index >= 15 is 0 Å². The van der Waals surface area contributed by atoms with Crippen LogP contribution in [0.25, 0.3) is 0 Å². The molecule has 0 spiro atoms. The summed E-state index contributed by atoms with van der Waals surface area (Å²) in [5.74, 6) is 0.621. The minimum atomic E-state index is -0.364. The number of benzene rings is 1. The molecule has 1 N–H and O–H groups in total. The maximum absolute atomic E-state index is 12.0. The summed E-state index contributed by atoms with van der Waals surface area (Å²) in [6, 6.07) is 7.69. The lowest BCUT2D eigenvalue weighted by Gasteiger charge is -2.45. The van der Waals surface area contributed by atoms with Crippen molar-refractivity contribution in [2.24, 2.45) is 0 Å². The van der Waals surface area contributed by atoms with E-state index in [0.29, 0.717) is 5.88 Å². The standard InChI is InChI=1S/C13H17ClN2O/c1-13(2)15-12(17)10-6-3-4-7-11(10)16(13)9-5-8-14/h3-4,6-7H,5,8-9H2,1-2H3,(H,15,17). The van der Waals surface area contributed by atoms with Gasteiger partial charge < -0.3 is 10.2 Å². The predicted octanol–water partition coefficient (Wildman–Crippen LogP) is 2.60. The molecule has 0 saturated heterocycles. The van der Waals surface area contributed by atoms with E-state index in [2.05, 4.69) is 10.2 Å². The highest BCUT2D eigenvalue weighted by Crippen LogP contribution is 2.30. The molecular weight excluding hydrogens is 236 g/mol. The molecule has 92 valence electrons. The van der Waals surface area contributed by atoms with Gasteiger partial charge in [-0.15, -0.1) is 11.6 Å². The number of alkyl halides is 1. The molecule has 1 heterocycles. The maximum Gasteiger partial charge on any atom is 0.255 e. The zero-order chi connectivity index (χ0) is 12.5. The Morgan fingerprint density at radius 2 is 2.06 bits per heavy atom. The van der Waals surface area contributed by atoms with Crippen molar-refractivity contribution in [3.63, 3.8) is 0 Å². The average molecular weight is 253 g/mol. The second-order valence-electron chi connectivity index (χ2n) is 4.72. The van der Waals surface area contributed by atoms with Crippen LogP contribution < -0.4 is 10.2 Å². The zero-order valence-corrected chi connectivity index (χ0v) is 10.9. The average Bonchev–Trinajstić information content (AvgIpc) is 2.28. The Hall–Kier alpha value is -1.22. The van der Waals surface area contributed by atoms with Crippen LogP contribution in [0.1, 0.15) is 30.6 Å². The van der Waals surface area contributed by atoms with Crippen LogP contribution in [0.3, 0.4) is 0 Å². The van der Waals surface area contributed by atoms with Crippen molar-refractivity contribution in [2.75, 3.05) is 17.3 Å². The lowest BCUT2D eigenvalue weighted by Crippen LogP contribution is -2.60. The summed E-state index contributed by atoms with van der Waals surface area (Å²) in [4.78, 5) is 14.2. The molecule has 0 unspecified atom stereocenters. The number of halogens is 1. The van der Waals surface area contributed by atoms with Gasteiger partial charge in [0.2, 0.25) is 0 Å². The normalized spacial score (nSPS) is 17.6. The summed E-state index contributed by atoms with van der Waals surface area (Å²) in [5.41, 5.74) is 1.37. The van der Waals surface area contributed by atoms with Crippen molar-refractivity contribution < 1.29 is 4.79 Å². The van der Waals surface area contributed by atoms with Crippen molar-refractivity contribution in [1.29, 1.82) is 0 Å².